The molecule has 2 fully saturated rings. The molecule has 2 aliphatic rings. The van der Waals surface area contributed by atoms with Gasteiger partial charge in [0.05, 0.1) is 0 Å². The third kappa shape index (κ3) is 3.04. The molecule has 8 heteroatoms. The normalized spacial score (nSPS) is 33.0. The van der Waals surface area contributed by atoms with Crippen LogP contribution in [0.5, 0.6) is 0 Å². The van der Waals surface area contributed by atoms with Crippen LogP contribution in [-0.2, 0) is 9.59 Å². The highest BCUT2D eigenvalue weighted by Gasteiger charge is 2.70. The van der Waals surface area contributed by atoms with Crippen molar-refractivity contribution >= 4 is 11.8 Å². The number of alkyl halides is 4. The number of carbonyl (C=O) groups is 2. The molecular weight excluding hydrogens is 316 g/mol. The molecule has 0 N–H and O–H groups in total. The van der Waals surface area contributed by atoms with Crippen LogP contribution in [0, 0.1) is 23.7 Å². The lowest BCUT2D eigenvalue weighted by molar-refractivity contribution is -0.134. The summed E-state index contributed by atoms with van der Waals surface area (Å²) in [5.74, 6) is -11.5. The molecule has 2 amide bonds. The summed E-state index contributed by atoms with van der Waals surface area (Å²) in [6, 6.07) is 0. The van der Waals surface area contributed by atoms with Crippen molar-refractivity contribution in [1.29, 1.82) is 0 Å². The summed E-state index contributed by atoms with van der Waals surface area (Å²) in [6.07, 6.45) is 0.351. The van der Waals surface area contributed by atoms with Gasteiger partial charge in [-0.25, -0.2) is 17.6 Å². The van der Waals surface area contributed by atoms with Crippen LogP contribution in [0.3, 0.4) is 0 Å². The molecule has 2 saturated carbocycles. The van der Waals surface area contributed by atoms with E-state index in [1.54, 1.807) is 0 Å². The number of hydrogen-bond donors (Lipinski definition) is 0. The smallest absolute Gasteiger partial charge is 0.263 e. The van der Waals surface area contributed by atoms with E-state index in [2.05, 4.69) is 0 Å². The van der Waals surface area contributed by atoms with Gasteiger partial charge in [-0.15, -0.1) is 0 Å². The molecule has 23 heavy (non-hydrogen) atoms. The molecule has 0 aliphatic heterocycles. The number of rotatable bonds is 6. The lowest BCUT2D eigenvalue weighted by atomic mass is 10.2. The fourth-order valence-corrected chi connectivity index (χ4v) is 2.96. The molecule has 0 aromatic rings. The van der Waals surface area contributed by atoms with Gasteiger partial charge in [0.15, 0.2) is 0 Å². The molecule has 0 spiro atoms. The molecule has 0 aromatic heterocycles. The second kappa shape index (κ2) is 5.63. The summed E-state index contributed by atoms with van der Waals surface area (Å²) < 4.78 is 52.8. The monoisotopic (exact) mass is 338 g/mol. The first kappa shape index (κ1) is 18.0. The van der Waals surface area contributed by atoms with Crippen LogP contribution in [0.15, 0.2) is 0 Å². The zero-order chi connectivity index (χ0) is 17.7. The van der Waals surface area contributed by atoms with E-state index >= 15 is 0 Å². The molecule has 0 heterocycles. The van der Waals surface area contributed by atoms with Crippen molar-refractivity contribution in [1.82, 2.24) is 9.80 Å². The van der Waals surface area contributed by atoms with Gasteiger partial charge >= 0.3 is 0 Å². The molecule has 0 aromatic carbocycles. The largest absolute Gasteiger partial charge is 0.345 e. The Hall–Kier alpha value is -1.34. The molecule has 0 radical (unpaired) electrons. The molecule has 2 aliphatic carbocycles. The summed E-state index contributed by atoms with van der Waals surface area (Å²) in [5.41, 5.74) is 0. The van der Waals surface area contributed by atoms with Crippen molar-refractivity contribution in [2.24, 2.45) is 23.7 Å². The third-order valence-corrected chi connectivity index (χ3v) is 5.10. The maximum atomic E-state index is 13.2. The van der Waals surface area contributed by atoms with Gasteiger partial charge in [0.1, 0.15) is 11.8 Å². The molecule has 4 atom stereocenters. The van der Waals surface area contributed by atoms with Crippen molar-refractivity contribution in [2.75, 3.05) is 27.2 Å². The minimum Gasteiger partial charge on any atom is -0.345 e. The quantitative estimate of drug-likeness (QED) is 0.696. The van der Waals surface area contributed by atoms with E-state index in [-0.39, 0.29) is 13.1 Å². The van der Waals surface area contributed by atoms with Crippen molar-refractivity contribution in [2.45, 2.75) is 32.1 Å². The Labute approximate surface area is 132 Å². The zero-order valence-corrected chi connectivity index (χ0v) is 13.7. The van der Waals surface area contributed by atoms with Crippen molar-refractivity contribution in [3.8, 4) is 0 Å². The van der Waals surface area contributed by atoms with Crippen LogP contribution < -0.4 is 0 Å². The number of nitrogens with zero attached hydrogens (tertiary/aromatic N) is 2. The first-order valence-electron chi connectivity index (χ1n) is 7.69. The minimum absolute atomic E-state index is 0.201. The molecule has 0 unspecified atom stereocenters. The number of hydrogen-bond acceptors (Lipinski definition) is 2. The van der Waals surface area contributed by atoms with E-state index in [1.165, 1.54) is 37.7 Å². The topological polar surface area (TPSA) is 40.6 Å². The molecule has 4 nitrogen and oxygen atoms in total. The van der Waals surface area contributed by atoms with Crippen LogP contribution in [0.25, 0.3) is 0 Å². The Morgan fingerprint density at radius 2 is 1.09 bits per heavy atom. The maximum absolute atomic E-state index is 13.2. The highest BCUT2D eigenvalue weighted by atomic mass is 19.3. The van der Waals surface area contributed by atoms with Gasteiger partial charge in [0, 0.05) is 39.0 Å². The van der Waals surface area contributed by atoms with E-state index in [4.69, 9.17) is 0 Å². The molecule has 0 bridgehead atoms. The average molecular weight is 338 g/mol. The number of amides is 2. The van der Waals surface area contributed by atoms with Crippen LogP contribution in [0.2, 0.25) is 0 Å². The van der Waals surface area contributed by atoms with Gasteiger partial charge in [-0.2, -0.15) is 0 Å². The molecule has 132 valence electrons. The van der Waals surface area contributed by atoms with E-state index in [9.17, 15) is 27.2 Å². The van der Waals surface area contributed by atoms with Gasteiger partial charge in [0.2, 0.25) is 11.8 Å². The minimum atomic E-state index is -2.94. The standard InChI is InChI=1S/C15H22F4N2O2/c1-8-10(14(8,16)17)12(22)20(3)6-5-7-21(4)13(23)11-9(2)15(11,18)19/h8-11H,5-7H2,1-4H3/t8-,9-,10-,11+/m1/s1. The first-order chi connectivity index (χ1) is 10.4. The Morgan fingerprint density at radius 1 is 0.826 bits per heavy atom. The first-order valence-corrected chi connectivity index (χ1v) is 7.69. The number of carbonyl (C=O) groups excluding carboxylic acids is 2. The predicted molar refractivity (Wildman–Crippen MR) is 75.1 cm³/mol. The lowest BCUT2D eigenvalue weighted by Crippen LogP contribution is -2.35. The Morgan fingerprint density at radius 3 is 1.30 bits per heavy atom. The van der Waals surface area contributed by atoms with Crippen LogP contribution >= 0.6 is 0 Å². The van der Waals surface area contributed by atoms with Crippen LogP contribution in [0.4, 0.5) is 17.6 Å². The van der Waals surface area contributed by atoms with Crippen LogP contribution in [-0.4, -0.2) is 60.6 Å². The zero-order valence-electron chi connectivity index (χ0n) is 13.7. The van der Waals surface area contributed by atoms with Gasteiger partial charge in [0.25, 0.3) is 11.8 Å². The van der Waals surface area contributed by atoms with Crippen molar-refractivity contribution in [3.63, 3.8) is 0 Å². The van der Waals surface area contributed by atoms with E-state index in [0.29, 0.717) is 6.42 Å². The molecular formula is C15H22F4N2O2. The molecule has 0 saturated heterocycles. The van der Waals surface area contributed by atoms with Crippen molar-refractivity contribution in [3.05, 3.63) is 0 Å². The highest BCUT2D eigenvalue weighted by Crippen LogP contribution is 2.56. The average Bonchev–Trinajstić information content (AvgIpc) is 3.16. The van der Waals surface area contributed by atoms with Crippen molar-refractivity contribution < 1.29 is 27.2 Å². The second-order valence-corrected chi connectivity index (χ2v) is 6.75. The summed E-state index contributed by atoms with van der Waals surface area (Å²) in [6.45, 7) is 3.07. The van der Waals surface area contributed by atoms with E-state index < -0.39 is 47.3 Å². The van der Waals surface area contributed by atoms with Gasteiger partial charge in [-0.3, -0.25) is 9.59 Å². The SMILES string of the molecule is C[C@@H]1[C@@H](C(=O)N(C)CCCN(C)C(=O)[C@H]2[C@@H](C)C2(F)F)C1(F)F. The van der Waals surface area contributed by atoms with Crippen LogP contribution in [0.1, 0.15) is 20.3 Å². The highest BCUT2D eigenvalue weighted by molar-refractivity contribution is 5.84. The Bertz CT molecular complexity index is 468. The Kier molecular flexibility index (Phi) is 4.41. The van der Waals surface area contributed by atoms with Gasteiger partial charge in [-0.1, -0.05) is 13.8 Å². The second-order valence-electron chi connectivity index (χ2n) is 6.75. The summed E-state index contributed by atoms with van der Waals surface area (Å²) >= 11 is 0. The predicted octanol–water partition coefficient (Wildman–Crippen LogP) is 2.10. The lowest BCUT2D eigenvalue weighted by Gasteiger charge is -2.21. The Balaban J connectivity index is 1.73. The van der Waals surface area contributed by atoms with Gasteiger partial charge < -0.3 is 9.80 Å². The third-order valence-electron chi connectivity index (χ3n) is 5.10. The van der Waals surface area contributed by atoms with E-state index in [0.717, 1.165) is 0 Å². The fourth-order valence-electron chi connectivity index (χ4n) is 2.96. The maximum Gasteiger partial charge on any atom is 0.263 e. The van der Waals surface area contributed by atoms with E-state index in [1.807, 2.05) is 0 Å². The summed E-state index contributed by atoms with van der Waals surface area (Å²) in [5, 5.41) is 0. The summed E-state index contributed by atoms with van der Waals surface area (Å²) in [7, 11) is 2.87. The molecule has 2 rings (SSSR count). The summed E-state index contributed by atoms with van der Waals surface area (Å²) in [4.78, 5) is 26.1. The number of halogens is 4. The fraction of sp³-hybridized carbons (Fsp3) is 0.867. The van der Waals surface area contributed by atoms with Gasteiger partial charge in [-0.05, 0) is 6.42 Å².